The molecule has 0 radical (unpaired) electrons. The Hall–Kier alpha value is -3.09. The molecule has 170 valence electrons. The van der Waals surface area contributed by atoms with Crippen LogP contribution in [0.15, 0.2) is 71.3 Å². The molecular weight excluding hydrogens is 406 g/mol. The van der Waals surface area contributed by atoms with E-state index in [1.165, 1.54) is 6.92 Å². The monoisotopic (exact) mass is 437 g/mol. The largest absolute Gasteiger partial charge is 0.493 e. The molecule has 1 aromatic heterocycles. The van der Waals surface area contributed by atoms with Crippen LogP contribution in [-0.4, -0.2) is 41.7 Å². The third kappa shape index (κ3) is 6.97. The van der Waals surface area contributed by atoms with Crippen molar-refractivity contribution in [1.29, 1.82) is 0 Å². The molecule has 0 amide bonds. The second-order valence-corrected chi connectivity index (χ2v) is 7.72. The number of ether oxygens (including phenoxy) is 2. The SMILES string of the molecule is CCCOc1ccccc1CN(Cc1ccco1)CC(O)COc1ccccc1C(C)=O. The van der Waals surface area contributed by atoms with Crippen LogP contribution < -0.4 is 9.47 Å². The van der Waals surface area contributed by atoms with Crippen molar-refractivity contribution >= 4 is 5.78 Å². The molecule has 0 saturated carbocycles. The molecule has 0 bridgehead atoms. The molecule has 1 N–H and O–H groups in total. The summed E-state index contributed by atoms with van der Waals surface area (Å²) in [5.74, 6) is 2.07. The third-order valence-corrected chi connectivity index (χ3v) is 4.95. The number of hydrogen-bond acceptors (Lipinski definition) is 6. The number of ketones is 1. The number of benzene rings is 2. The van der Waals surface area contributed by atoms with E-state index in [0.717, 1.165) is 23.5 Å². The van der Waals surface area contributed by atoms with E-state index in [9.17, 15) is 9.90 Å². The normalized spacial score (nSPS) is 12.0. The summed E-state index contributed by atoms with van der Waals surface area (Å²) in [6.45, 7) is 5.80. The van der Waals surface area contributed by atoms with Gasteiger partial charge in [-0.1, -0.05) is 37.3 Å². The Morgan fingerprint density at radius 1 is 1.00 bits per heavy atom. The number of aliphatic hydroxyl groups is 1. The zero-order valence-electron chi connectivity index (χ0n) is 18.7. The van der Waals surface area contributed by atoms with Gasteiger partial charge in [0.25, 0.3) is 0 Å². The minimum atomic E-state index is -0.756. The fourth-order valence-corrected chi connectivity index (χ4v) is 3.46. The number of furan rings is 1. The second kappa shape index (κ2) is 12.1. The molecule has 0 aliphatic carbocycles. The fourth-order valence-electron chi connectivity index (χ4n) is 3.46. The van der Waals surface area contributed by atoms with Crippen molar-refractivity contribution in [3.05, 3.63) is 83.8 Å². The van der Waals surface area contributed by atoms with E-state index in [0.29, 0.717) is 37.6 Å². The van der Waals surface area contributed by atoms with E-state index in [2.05, 4.69) is 11.8 Å². The Morgan fingerprint density at radius 3 is 2.47 bits per heavy atom. The van der Waals surface area contributed by atoms with Crippen LogP contribution in [0.4, 0.5) is 0 Å². The van der Waals surface area contributed by atoms with Gasteiger partial charge in [-0.15, -0.1) is 0 Å². The van der Waals surface area contributed by atoms with Crippen LogP contribution in [0.5, 0.6) is 11.5 Å². The van der Waals surface area contributed by atoms with Crippen molar-refractivity contribution in [2.24, 2.45) is 0 Å². The lowest BCUT2D eigenvalue weighted by Crippen LogP contribution is -2.35. The number of para-hydroxylation sites is 2. The molecule has 1 atom stereocenters. The van der Waals surface area contributed by atoms with Gasteiger partial charge >= 0.3 is 0 Å². The molecule has 2 aromatic carbocycles. The smallest absolute Gasteiger partial charge is 0.163 e. The van der Waals surface area contributed by atoms with E-state index in [1.807, 2.05) is 42.5 Å². The van der Waals surface area contributed by atoms with Gasteiger partial charge in [0.05, 0.1) is 25.0 Å². The molecule has 1 unspecified atom stereocenters. The molecule has 3 rings (SSSR count). The van der Waals surface area contributed by atoms with Crippen molar-refractivity contribution in [3.63, 3.8) is 0 Å². The summed E-state index contributed by atoms with van der Waals surface area (Å²) in [7, 11) is 0. The van der Waals surface area contributed by atoms with Crippen LogP contribution >= 0.6 is 0 Å². The molecule has 3 aromatic rings. The molecule has 6 nitrogen and oxygen atoms in total. The summed E-state index contributed by atoms with van der Waals surface area (Å²) in [6.07, 6.45) is 1.82. The van der Waals surface area contributed by atoms with E-state index in [-0.39, 0.29) is 12.4 Å². The zero-order valence-corrected chi connectivity index (χ0v) is 18.7. The Labute approximate surface area is 189 Å². The predicted molar refractivity (Wildman–Crippen MR) is 123 cm³/mol. The molecule has 6 heteroatoms. The number of carbonyl (C=O) groups excluding carboxylic acids is 1. The van der Waals surface area contributed by atoms with Gasteiger partial charge in [-0.25, -0.2) is 0 Å². The fraction of sp³-hybridized carbons (Fsp3) is 0.346. The van der Waals surface area contributed by atoms with Crippen LogP contribution in [0.2, 0.25) is 0 Å². The van der Waals surface area contributed by atoms with Crippen molar-refractivity contribution < 1.29 is 23.8 Å². The average molecular weight is 438 g/mol. The first kappa shape index (κ1) is 23.6. The lowest BCUT2D eigenvalue weighted by atomic mass is 10.1. The van der Waals surface area contributed by atoms with E-state index < -0.39 is 6.10 Å². The van der Waals surface area contributed by atoms with Gasteiger partial charge < -0.3 is 19.0 Å². The maximum Gasteiger partial charge on any atom is 0.163 e. The summed E-state index contributed by atoms with van der Waals surface area (Å²) >= 11 is 0. The molecule has 0 saturated heterocycles. The average Bonchev–Trinajstić information content (AvgIpc) is 3.30. The van der Waals surface area contributed by atoms with Gasteiger partial charge in [0.1, 0.15) is 30.0 Å². The number of hydrogen-bond donors (Lipinski definition) is 1. The highest BCUT2D eigenvalue weighted by Crippen LogP contribution is 2.22. The number of rotatable bonds is 13. The third-order valence-electron chi connectivity index (χ3n) is 4.95. The van der Waals surface area contributed by atoms with Crippen LogP contribution in [0, 0.1) is 0 Å². The summed E-state index contributed by atoms with van der Waals surface area (Å²) in [5.41, 5.74) is 1.55. The summed E-state index contributed by atoms with van der Waals surface area (Å²) in [4.78, 5) is 13.9. The standard InChI is InChI=1S/C26H31NO5/c1-3-14-31-25-12-6-4-9-21(25)16-27(18-23-10-8-15-30-23)17-22(29)19-32-26-13-7-5-11-24(26)20(2)28/h4-13,15,22,29H,3,14,16-19H2,1-2H3. The lowest BCUT2D eigenvalue weighted by molar-refractivity contribution is 0.0595. The first-order valence-corrected chi connectivity index (χ1v) is 10.9. The maximum absolute atomic E-state index is 11.8. The van der Waals surface area contributed by atoms with Gasteiger partial charge in [0.2, 0.25) is 0 Å². The lowest BCUT2D eigenvalue weighted by Gasteiger charge is -2.25. The maximum atomic E-state index is 11.8. The number of aliphatic hydroxyl groups excluding tert-OH is 1. The Bertz CT molecular complexity index is 970. The van der Waals surface area contributed by atoms with Crippen LogP contribution in [0.1, 0.15) is 41.9 Å². The quantitative estimate of drug-likeness (QED) is 0.390. The van der Waals surface area contributed by atoms with E-state index in [4.69, 9.17) is 13.9 Å². The zero-order chi connectivity index (χ0) is 22.8. The van der Waals surface area contributed by atoms with Crippen molar-refractivity contribution in [2.75, 3.05) is 19.8 Å². The Kier molecular flexibility index (Phi) is 8.90. The summed E-state index contributed by atoms with van der Waals surface area (Å²) < 4.78 is 17.2. The van der Waals surface area contributed by atoms with E-state index in [1.54, 1.807) is 24.5 Å². The first-order valence-electron chi connectivity index (χ1n) is 10.9. The number of nitrogens with zero attached hydrogens (tertiary/aromatic N) is 1. The molecule has 0 aliphatic heterocycles. The van der Waals surface area contributed by atoms with Crippen LogP contribution in [-0.2, 0) is 13.1 Å². The molecule has 0 aliphatic rings. The second-order valence-electron chi connectivity index (χ2n) is 7.72. The minimum Gasteiger partial charge on any atom is -0.493 e. The number of Topliss-reactive ketones (excluding diaryl/α,β-unsaturated/α-hetero) is 1. The number of carbonyl (C=O) groups is 1. The summed E-state index contributed by atoms with van der Waals surface area (Å²) in [5, 5.41) is 10.7. The van der Waals surface area contributed by atoms with Gasteiger partial charge in [-0.05, 0) is 43.7 Å². The predicted octanol–water partition coefficient (Wildman–Crippen LogP) is 4.71. The van der Waals surface area contributed by atoms with Gasteiger partial charge in [-0.2, -0.15) is 0 Å². The van der Waals surface area contributed by atoms with E-state index >= 15 is 0 Å². The van der Waals surface area contributed by atoms with Crippen LogP contribution in [0.3, 0.4) is 0 Å². The van der Waals surface area contributed by atoms with Gasteiger partial charge in [0.15, 0.2) is 5.78 Å². The highest BCUT2D eigenvalue weighted by Gasteiger charge is 2.18. The van der Waals surface area contributed by atoms with Gasteiger partial charge in [0, 0.05) is 18.7 Å². The van der Waals surface area contributed by atoms with Crippen LogP contribution in [0.25, 0.3) is 0 Å². The van der Waals surface area contributed by atoms with Crippen molar-refractivity contribution in [2.45, 2.75) is 39.5 Å². The Morgan fingerprint density at radius 2 is 1.75 bits per heavy atom. The molecular formula is C26H31NO5. The molecule has 32 heavy (non-hydrogen) atoms. The topological polar surface area (TPSA) is 72.1 Å². The highest BCUT2D eigenvalue weighted by molar-refractivity contribution is 5.96. The van der Waals surface area contributed by atoms with Crippen molar-refractivity contribution in [3.8, 4) is 11.5 Å². The molecule has 0 fully saturated rings. The molecule has 0 spiro atoms. The Balaban J connectivity index is 1.68. The summed E-state index contributed by atoms with van der Waals surface area (Å²) in [6, 6.07) is 18.8. The van der Waals surface area contributed by atoms with Crippen molar-refractivity contribution in [1.82, 2.24) is 4.90 Å². The minimum absolute atomic E-state index is 0.0711. The molecule has 1 heterocycles. The van der Waals surface area contributed by atoms with Gasteiger partial charge in [-0.3, -0.25) is 9.69 Å². The highest BCUT2D eigenvalue weighted by atomic mass is 16.5. The first-order chi connectivity index (χ1) is 15.6.